The molecule has 0 fully saturated rings. The maximum absolute atomic E-state index is 12.6. The number of halogens is 6. The Kier molecular flexibility index (Phi) is 15.1. The standard InChI is InChI=1S/C14H7ClF3NO5.C7H3Br2NO.C5H12NO4P/c15-10-5-7(14(16,17)18)1-4-12(10)24-8-2-3-11(19(22)23)9(6-8)13(20)21;8-5-1-4(3-10)2-6(9)7(5)11;1-11(9,10)3-2-4(6)5(7)8/h1-6H,(H,20,21);1-2,11H;4H,2-3,6H2,1H3,(H,7,8)(H,9,10). The number of ether oxygens (including phenoxy) is 1. The van der Waals surface area contributed by atoms with Crippen LogP contribution in [0.25, 0.3) is 0 Å². The number of hydrogen-bond donors (Lipinski definition) is 5. The fourth-order valence-electron chi connectivity index (χ4n) is 2.93. The summed E-state index contributed by atoms with van der Waals surface area (Å²) in [4.78, 5) is 39.8. The molecule has 0 heterocycles. The van der Waals surface area contributed by atoms with Crippen LogP contribution in [-0.4, -0.2) is 55.9 Å². The van der Waals surface area contributed by atoms with Gasteiger partial charge in [0.2, 0.25) is 0 Å². The molecule has 0 amide bonds. The van der Waals surface area contributed by atoms with Crippen LogP contribution < -0.4 is 10.5 Å². The van der Waals surface area contributed by atoms with Gasteiger partial charge in [0.1, 0.15) is 28.9 Å². The smallest absolute Gasteiger partial charge is 0.416 e. The van der Waals surface area contributed by atoms with Crippen LogP contribution in [0.1, 0.15) is 27.9 Å². The Morgan fingerprint density at radius 2 is 1.72 bits per heavy atom. The van der Waals surface area contributed by atoms with E-state index in [1.54, 1.807) is 12.1 Å². The first-order chi connectivity index (χ1) is 21.1. The van der Waals surface area contributed by atoms with Gasteiger partial charge in [-0.15, -0.1) is 0 Å². The van der Waals surface area contributed by atoms with E-state index >= 15 is 0 Å². The molecule has 3 rings (SSSR count). The third-order valence-corrected chi connectivity index (χ3v) is 7.79. The number of nitro groups is 1. The van der Waals surface area contributed by atoms with Crippen molar-refractivity contribution in [2.24, 2.45) is 5.73 Å². The Morgan fingerprint density at radius 1 is 1.15 bits per heavy atom. The zero-order chi connectivity index (χ0) is 35.6. The van der Waals surface area contributed by atoms with Crippen LogP contribution in [-0.2, 0) is 15.5 Å². The van der Waals surface area contributed by atoms with Crippen molar-refractivity contribution in [1.29, 1.82) is 5.26 Å². The molecule has 2 unspecified atom stereocenters. The maximum atomic E-state index is 12.6. The van der Waals surface area contributed by atoms with Gasteiger partial charge < -0.3 is 30.7 Å². The summed E-state index contributed by atoms with van der Waals surface area (Å²) in [6.07, 6.45) is -4.58. The number of carboxylic acids is 2. The molecule has 2 atom stereocenters. The number of nitriles is 1. The summed E-state index contributed by atoms with van der Waals surface area (Å²) in [7, 11) is -3.10. The molecule has 0 aromatic heterocycles. The molecule has 3 aromatic rings. The number of nitro benzene ring substituents is 1. The topological polar surface area (TPSA) is 234 Å². The largest absolute Gasteiger partial charge is 0.506 e. The maximum Gasteiger partial charge on any atom is 0.416 e. The quantitative estimate of drug-likeness (QED) is 0.0860. The Balaban J connectivity index is 0.000000399. The van der Waals surface area contributed by atoms with Gasteiger partial charge >= 0.3 is 18.1 Å². The lowest BCUT2D eigenvalue weighted by atomic mass is 10.1. The lowest BCUT2D eigenvalue weighted by molar-refractivity contribution is -0.385. The number of benzene rings is 3. The molecule has 248 valence electrons. The predicted molar refractivity (Wildman–Crippen MR) is 166 cm³/mol. The Bertz CT molecular complexity index is 1680. The Hall–Kier alpha value is -3.72. The number of phenols is 1. The summed E-state index contributed by atoms with van der Waals surface area (Å²) < 4.78 is 54.6. The van der Waals surface area contributed by atoms with Crippen molar-refractivity contribution in [3.8, 4) is 23.3 Å². The minimum Gasteiger partial charge on any atom is -0.506 e. The van der Waals surface area contributed by atoms with Crippen molar-refractivity contribution in [3.63, 3.8) is 0 Å². The number of carboxylic acid groups (broad SMARTS) is 2. The molecule has 0 aliphatic rings. The number of carbonyl (C=O) groups is 2. The van der Waals surface area contributed by atoms with Gasteiger partial charge in [0, 0.05) is 25.0 Å². The van der Waals surface area contributed by atoms with Gasteiger partial charge in [0.05, 0.1) is 36.1 Å². The van der Waals surface area contributed by atoms with Crippen molar-refractivity contribution in [1.82, 2.24) is 0 Å². The van der Waals surface area contributed by atoms with Crippen LogP contribution in [0, 0.1) is 21.4 Å². The fourth-order valence-corrected chi connectivity index (χ4v) is 5.09. The Morgan fingerprint density at radius 3 is 2.13 bits per heavy atom. The van der Waals surface area contributed by atoms with Crippen LogP contribution in [0.4, 0.5) is 18.9 Å². The molecular weight excluding hydrogens is 798 g/mol. The number of phenolic OH excluding ortho intramolecular Hbond substituents is 1. The number of rotatable bonds is 8. The van der Waals surface area contributed by atoms with Gasteiger partial charge in [0.15, 0.2) is 7.37 Å². The highest BCUT2D eigenvalue weighted by atomic mass is 79.9. The van der Waals surface area contributed by atoms with Crippen LogP contribution in [0.5, 0.6) is 17.2 Å². The summed E-state index contributed by atoms with van der Waals surface area (Å²) in [5, 5.41) is 45.4. The van der Waals surface area contributed by atoms with Crippen LogP contribution in [0.15, 0.2) is 57.5 Å². The lowest BCUT2D eigenvalue weighted by Crippen LogP contribution is -2.30. The molecule has 46 heavy (non-hydrogen) atoms. The summed E-state index contributed by atoms with van der Waals surface area (Å²) >= 11 is 11.9. The zero-order valence-corrected chi connectivity index (χ0v) is 27.9. The number of aliphatic carboxylic acids is 1. The molecular formula is C26H22Br2ClF3N3O10P. The number of alkyl halides is 3. The van der Waals surface area contributed by atoms with E-state index < -0.39 is 53.3 Å². The molecule has 0 saturated heterocycles. The molecule has 6 N–H and O–H groups in total. The number of nitrogens with two attached hydrogens (primary N) is 1. The van der Waals surface area contributed by atoms with Gasteiger partial charge in [-0.05, 0) is 74.7 Å². The average molecular weight is 820 g/mol. The molecule has 0 saturated carbocycles. The SMILES string of the molecule is CP(=O)(O)CCC(N)C(=O)O.N#Cc1cc(Br)c(O)c(Br)c1.O=C(O)c1cc(Oc2ccc(C(F)(F)F)cc2Cl)ccc1[N+](=O)[O-]. The summed E-state index contributed by atoms with van der Waals surface area (Å²) in [6, 6.07) is 9.31. The average Bonchev–Trinajstić information content (AvgIpc) is 2.94. The molecule has 0 aliphatic heterocycles. The van der Waals surface area contributed by atoms with Crippen molar-refractivity contribution in [3.05, 3.63) is 89.3 Å². The second-order valence-corrected chi connectivity index (χ2v) is 13.6. The summed E-state index contributed by atoms with van der Waals surface area (Å²) in [5.41, 5.74) is 3.35. The molecule has 13 nitrogen and oxygen atoms in total. The number of aromatic hydroxyl groups is 1. The zero-order valence-electron chi connectivity index (χ0n) is 23.0. The minimum absolute atomic E-state index is 0.0412. The van der Waals surface area contributed by atoms with E-state index in [4.69, 9.17) is 42.4 Å². The van der Waals surface area contributed by atoms with Crippen molar-refractivity contribution in [2.75, 3.05) is 12.8 Å². The molecule has 3 aromatic carbocycles. The van der Waals surface area contributed by atoms with E-state index in [-0.39, 0.29) is 34.9 Å². The summed E-state index contributed by atoms with van der Waals surface area (Å²) in [6.45, 7) is 1.18. The van der Waals surface area contributed by atoms with E-state index in [1.807, 2.05) is 6.07 Å². The van der Waals surface area contributed by atoms with E-state index in [0.29, 0.717) is 20.6 Å². The monoisotopic (exact) mass is 817 g/mol. The normalized spacial score (nSPS) is 12.5. The molecule has 0 radical (unpaired) electrons. The third kappa shape index (κ3) is 13.3. The number of nitrogens with zero attached hydrogens (tertiary/aromatic N) is 2. The first-order valence-corrected chi connectivity index (χ1v) is 16.2. The van der Waals surface area contributed by atoms with Crippen molar-refractivity contribution in [2.45, 2.75) is 18.6 Å². The highest BCUT2D eigenvalue weighted by Gasteiger charge is 2.31. The highest BCUT2D eigenvalue weighted by molar-refractivity contribution is 9.11. The summed E-state index contributed by atoms with van der Waals surface area (Å²) in [5.74, 6) is -2.86. The Labute approximate surface area is 279 Å². The van der Waals surface area contributed by atoms with E-state index in [1.165, 1.54) is 6.66 Å². The van der Waals surface area contributed by atoms with Gasteiger partial charge in [-0.1, -0.05) is 11.6 Å². The van der Waals surface area contributed by atoms with Gasteiger partial charge in [-0.25, -0.2) is 4.79 Å². The van der Waals surface area contributed by atoms with Gasteiger partial charge in [-0.2, -0.15) is 18.4 Å². The fraction of sp³-hybridized carbons (Fsp3) is 0.192. The van der Waals surface area contributed by atoms with Crippen molar-refractivity contribution < 1.29 is 57.2 Å². The first kappa shape index (κ1) is 40.3. The van der Waals surface area contributed by atoms with Crippen molar-refractivity contribution >= 4 is 68.5 Å². The molecule has 0 spiro atoms. The second kappa shape index (κ2) is 17.3. The second-order valence-electron chi connectivity index (χ2n) is 8.89. The molecule has 20 heteroatoms. The lowest BCUT2D eigenvalue weighted by Gasteiger charge is -2.11. The van der Waals surface area contributed by atoms with E-state index in [0.717, 1.165) is 30.3 Å². The molecule has 0 aliphatic carbocycles. The minimum atomic E-state index is -4.58. The van der Waals surface area contributed by atoms with Crippen LogP contribution >= 0.6 is 50.8 Å². The van der Waals surface area contributed by atoms with Crippen LogP contribution in [0.3, 0.4) is 0 Å². The number of hydrogen-bond acceptors (Lipinski definition) is 9. The van der Waals surface area contributed by atoms with E-state index in [2.05, 4.69) is 31.9 Å². The van der Waals surface area contributed by atoms with Crippen LogP contribution in [0.2, 0.25) is 5.02 Å². The third-order valence-electron chi connectivity index (χ3n) is 5.20. The van der Waals surface area contributed by atoms with E-state index in [9.17, 15) is 42.5 Å². The number of aromatic carboxylic acids is 1. The first-order valence-electron chi connectivity index (χ1n) is 12.0. The molecule has 0 bridgehead atoms. The predicted octanol–water partition coefficient (Wildman–Crippen LogP) is 7.23. The van der Waals surface area contributed by atoms with Gasteiger partial charge in [-0.3, -0.25) is 19.5 Å². The highest BCUT2D eigenvalue weighted by Crippen LogP contribution is 2.38. The van der Waals surface area contributed by atoms with Gasteiger partial charge in [0.25, 0.3) is 5.69 Å².